The van der Waals surface area contributed by atoms with Crippen LogP contribution in [0.5, 0.6) is 0 Å². The van der Waals surface area contributed by atoms with Crippen LogP contribution in [-0.4, -0.2) is 0 Å². The fourth-order valence-electron chi connectivity index (χ4n) is 5.87. The van der Waals surface area contributed by atoms with Crippen molar-refractivity contribution in [3.8, 4) is 43.1 Å². The second-order valence-corrected chi connectivity index (χ2v) is 12.2. The molecule has 0 atom stereocenters. The van der Waals surface area contributed by atoms with Crippen LogP contribution < -0.4 is 0 Å². The van der Waals surface area contributed by atoms with Crippen molar-refractivity contribution in [2.45, 2.75) is 0 Å². The van der Waals surface area contributed by atoms with Crippen LogP contribution in [0.1, 0.15) is 0 Å². The van der Waals surface area contributed by atoms with Crippen molar-refractivity contribution in [1.29, 1.82) is 0 Å². The third kappa shape index (κ3) is 3.80. The Morgan fingerprint density at radius 1 is 0.350 bits per heavy atom. The molecule has 0 aliphatic heterocycles. The van der Waals surface area contributed by atoms with Gasteiger partial charge in [0.05, 0.1) is 0 Å². The maximum Gasteiger partial charge on any atom is 0.0441 e. The van der Waals surface area contributed by atoms with Gasteiger partial charge in [0.25, 0.3) is 0 Å². The summed E-state index contributed by atoms with van der Waals surface area (Å²) in [6.07, 6.45) is 0. The Morgan fingerprint density at radius 3 is 1.73 bits per heavy atom. The molecular weight excluding hydrogens is 521 g/mol. The highest BCUT2D eigenvalue weighted by atomic mass is 32.1. The molecule has 0 saturated heterocycles. The van der Waals surface area contributed by atoms with Gasteiger partial charge in [-0.25, -0.2) is 0 Å². The molecule has 0 amide bonds. The summed E-state index contributed by atoms with van der Waals surface area (Å²) < 4.78 is 2.67. The van der Waals surface area contributed by atoms with E-state index in [9.17, 15) is 0 Å². The second kappa shape index (κ2) is 9.60. The Balaban J connectivity index is 1.45. The lowest BCUT2D eigenvalue weighted by Crippen LogP contribution is -1.85. The molecule has 0 N–H and O–H groups in total. The molecule has 8 rings (SSSR count). The Kier molecular flexibility index (Phi) is 5.62. The van der Waals surface area contributed by atoms with Crippen LogP contribution >= 0.6 is 22.7 Å². The summed E-state index contributed by atoms with van der Waals surface area (Å²) in [7, 11) is 0. The highest BCUT2D eigenvalue weighted by Gasteiger charge is 2.22. The zero-order valence-corrected chi connectivity index (χ0v) is 23.3. The van der Waals surface area contributed by atoms with Gasteiger partial charge >= 0.3 is 0 Å². The number of thiophene rings is 2. The average molecular weight is 545 g/mol. The molecule has 2 heterocycles. The molecule has 0 nitrogen and oxygen atoms in total. The topological polar surface area (TPSA) is 0 Å². The van der Waals surface area contributed by atoms with Gasteiger partial charge < -0.3 is 0 Å². The monoisotopic (exact) mass is 544 g/mol. The van der Waals surface area contributed by atoms with Crippen LogP contribution in [0.2, 0.25) is 0 Å². The predicted octanol–water partition coefficient (Wildman–Crippen LogP) is 11.9. The van der Waals surface area contributed by atoms with E-state index in [4.69, 9.17) is 0 Å². The minimum absolute atomic E-state index is 1.24. The largest absolute Gasteiger partial charge is 0.135 e. The molecule has 8 aromatic rings. The molecule has 0 saturated carbocycles. The number of hydrogen-bond donors (Lipinski definition) is 0. The Bertz CT molecular complexity index is 2150. The number of rotatable bonds is 4. The van der Waals surface area contributed by atoms with Gasteiger partial charge in [-0.3, -0.25) is 0 Å². The zero-order chi connectivity index (χ0) is 26.5. The molecule has 0 bridgehead atoms. The summed E-state index contributed by atoms with van der Waals surface area (Å²) in [5.41, 5.74) is 7.62. The summed E-state index contributed by atoms with van der Waals surface area (Å²) in [6.45, 7) is 0. The number of fused-ring (bicyclic) bond motifs is 4. The highest BCUT2D eigenvalue weighted by Crippen LogP contribution is 2.51. The maximum atomic E-state index is 2.34. The molecule has 2 aromatic heterocycles. The SMILES string of the molecule is c1ccc(-c2cccc(-c3sc(-c4c(-c5ccccc5)ccc5sc6ccccc6c45)c4ccccc34)c2)cc1. The third-order valence-corrected chi connectivity index (χ3v) is 10.1. The fraction of sp³-hybridized carbons (Fsp3) is 0. The van der Waals surface area contributed by atoms with Crippen molar-refractivity contribution in [3.05, 3.63) is 146 Å². The maximum absolute atomic E-state index is 2.34. The molecule has 2 heteroatoms. The minimum atomic E-state index is 1.24. The molecule has 0 unspecified atom stereocenters. The van der Waals surface area contributed by atoms with Crippen molar-refractivity contribution >= 4 is 53.6 Å². The lowest BCUT2D eigenvalue weighted by atomic mass is 9.92. The summed E-state index contributed by atoms with van der Waals surface area (Å²) in [5.74, 6) is 0. The van der Waals surface area contributed by atoms with Gasteiger partial charge in [0.1, 0.15) is 0 Å². The molecule has 0 radical (unpaired) electrons. The normalized spacial score (nSPS) is 11.5. The van der Waals surface area contributed by atoms with E-state index >= 15 is 0 Å². The first-order valence-corrected chi connectivity index (χ1v) is 15.2. The average Bonchev–Trinajstić information content (AvgIpc) is 3.61. The molecule has 6 aromatic carbocycles. The Hall–Kier alpha value is -4.50. The van der Waals surface area contributed by atoms with Crippen LogP contribution in [0.4, 0.5) is 0 Å². The lowest BCUT2D eigenvalue weighted by Gasteiger charge is -2.12. The fourth-order valence-corrected chi connectivity index (χ4v) is 8.33. The van der Waals surface area contributed by atoms with Crippen LogP contribution in [0.25, 0.3) is 74.1 Å². The first-order chi connectivity index (χ1) is 19.8. The first-order valence-electron chi connectivity index (χ1n) is 13.5. The van der Waals surface area contributed by atoms with Crippen molar-refractivity contribution in [2.75, 3.05) is 0 Å². The molecule has 40 heavy (non-hydrogen) atoms. The molecule has 188 valence electrons. The van der Waals surface area contributed by atoms with Gasteiger partial charge in [-0.15, -0.1) is 22.7 Å². The van der Waals surface area contributed by atoms with Gasteiger partial charge in [-0.1, -0.05) is 127 Å². The van der Waals surface area contributed by atoms with E-state index in [0.29, 0.717) is 0 Å². The van der Waals surface area contributed by atoms with Crippen LogP contribution in [0, 0.1) is 0 Å². The van der Waals surface area contributed by atoms with Gasteiger partial charge in [0.15, 0.2) is 0 Å². The van der Waals surface area contributed by atoms with Crippen molar-refractivity contribution < 1.29 is 0 Å². The molecular formula is C38H24S2. The molecule has 0 aliphatic carbocycles. The van der Waals surface area contributed by atoms with Crippen molar-refractivity contribution in [3.63, 3.8) is 0 Å². The van der Waals surface area contributed by atoms with Crippen LogP contribution in [0.15, 0.2) is 146 Å². The van der Waals surface area contributed by atoms with Crippen molar-refractivity contribution in [2.24, 2.45) is 0 Å². The van der Waals surface area contributed by atoms with Crippen LogP contribution in [-0.2, 0) is 0 Å². The number of hydrogen-bond acceptors (Lipinski definition) is 2. The van der Waals surface area contributed by atoms with E-state index in [1.165, 1.54) is 74.1 Å². The smallest absolute Gasteiger partial charge is 0.0441 e. The van der Waals surface area contributed by atoms with E-state index in [-0.39, 0.29) is 0 Å². The standard InChI is InChI=1S/C38H24S2/c1-3-12-25(13-4-1)27-16-11-17-28(24-27)37-30-18-7-8-19-31(30)38(40-37)36-29(26-14-5-2-6-15-26)22-23-34-35(36)32-20-9-10-21-33(32)39-34/h1-24H. The third-order valence-electron chi connectivity index (χ3n) is 7.71. The van der Waals surface area contributed by atoms with Crippen LogP contribution in [0.3, 0.4) is 0 Å². The van der Waals surface area contributed by atoms with E-state index in [0.717, 1.165) is 0 Å². The second-order valence-electron chi connectivity index (χ2n) is 10.1. The molecule has 0 aliphatic rings. The Morgan fingerprint density at radius 2 is 0.950 bits per heavy atom. The van der Waals surface area contributed by atoms with Gasteiger partial charge in [-0.05, 0) is 46.0 Å². The quantitative estimate of drug-likeness (QED) is 0.207. The summed E-state index contributed by atoms with van der Waals surface area (Å²) in [4.78, 5) is 2.66. The predicted molar refractivity (Wildman–Crippen MR) is 176 cm³/mol. The summed E-state index contributed by atoms with van der Waals surface area (Å²) in [6, 6.07) is 52.9. The molecule has 0 spiro atoms. The van der Waals surface area contributed by atoms with Crippen molar-refractivity contribution in [1.82, 2.24) is 0 Å². The zero-order valence-electron chi connectivity index (χ0n) is 21.7. The summed E-state index contributed by atoms with van der Waals surface area (Å²) >= 11 is 3.81. The minimum Gasteiger partial charge on any atom is -0.135 e. The Labute approximate surface area is 241 Å². The summed E-state index contributed by atoms with van der Waals surface area (Å²) in [5, 5.41) is 5.31. The van der Waals surface area contributed by atoms with Gasteiger partial charge in [-0.2, -0.15) is 0 Å². The van der Waals surface area contributed by atoms with Gasteiger partial charge in [0, 0.05) is 46.3 Å². The molecule has 0 fully saturated rings. The highest BCUT2D eigenvalue weighted by molar-refractivity contribution is 7.26. The van der Waals surface area contributed by atoms with E-state index in [1.54, 1.807) is 0 Å². The van der Waals surface area contributed by atoms with E-state index in [2.05, 4.69) is 146 Å². The first kappa shape index (κ1) is 23.4. The number of benzene rings is 6. The van der Waals surface area contributed by atoms with Gasteiger partial charge in [0.2, 0.25) is 0 Å². The van der Waals surface area contributed by atoms with E-state index in [1.807, 2.05) is 22.7 Å². The van der Waals surface area contributed by atoms with E-state index < -0.39 is 0 Å². The lowest BCUT2D eigenvalue weighted by molar-refractivity contribution is 1.62.